The number of aromatic nitrogens is 4. The van der Waals surface area contributed by atoms with Crippen molar-refractivity contribution in [3.63, 3.8) is 0 Å². The highest BCUT2D eigenvalue weighted by atomic mass is 16.5. The summed E-state index contributed by atoms with van der Waals surface area (Å²) >= 11 is 0. The van der Waals surface area contributed by atoms with Crippen LogP contribution in [0.2, 0.25) is 0 Å². The Morgan fingerprint density at radius 1 is 0.675 bits per heavy atom. The fourth-order valence-electron chi connectivity index (χ4n) is 4.13. The standard InChI is InChI=1S/C27H27N5O8/c1-35-19-13-11-16(21(37-3)23(19)39-5)26(33)28-18-10-8-7-9-15(18)25-29-30-31-32(25)27(34)17-12-14-20(36-2)24(40-6)22(17)38-4/h7-14H,1-6H3,(H,28,33). The summed E-state index contributed by atoms with van der Waals surface area (Å²) in [5.74, 6) is 0.611. The smallest absolute Gasteiger partial charge is 0.285 e. The molecule has 1 aromatic heterocycles. The second kappa shape index (κ2) is 12.0. The average Bonchev–Trinajstić information content (AvgIpc) is 3.48. The summed E-state index contributed by atoms with van der Waals surface area (Å²) in [4.78, 5) is 27.0. The van der Waals surface area contributed by atoms with Crippen LogP contribution < -0.4 is 33.7 Å². The van der Waals surface area contributed by atoms with Crippen LogP contribution in [0.1, 0.15) is 20.7 Å². The minimum atomic E-state index is -0.597. The zero-order valence-electron chi connectivity index (χ0n) is 22.7. The number of amides is 1. The highest BCUT2D eigenvalue weighted by Crippen LogP contribution is 2.41. The maximum atomic E-state index is 13.6. The number of methoxy groups -OCH3 is 6. The van der Waals surface area contributed by atoms with Crippen molar-refractivity contribution in [2.75, 3.05) is 48.0 Å². The van der Waals surface area contributed by atoms with Crippen LogP contribution in [0.4, 0.5) is 5.69 Å². The highest BCUT2D eigenvalue weighted by Gasteiger charge is 2.27. The first-order valence-electron chi connectivity index (χ1n) is 11.8. The topological polar surface area (TPSA) is 145 Å². The number of tetrazole rings is 1. The monoisotopic (exact) mass is 549 g/mol. The minimum absolute atomic E-state index is 0.0806. The summed E-state index contributed by atoms with van der Waals surface area (Å²) in [6, 6.07) is 13.0. The molecule has 0 saturated heterocycles. The molecule has 1 heterocycles. The molecule has 4 rings (SSSR count). The van der Waals surface area contributed by atoms with Gasteiger partial charge in [-0.1, -0.05) is 12.1 Å². The molecule has 0 aliphatic carbocycles. The number of carbonyl (C=O) groups excluding carboxylic acids is 2. The molecule has 40 heavy (non-hydrogen) atoms. The van der Waals surface area contributed by atoms with Crippen molar-refractivity contribution in [2.45, 2.75) is 0 Å². The number of para-hydroxylation sites is 1. The molecule has 0 aliphatic rings. The number of nitrogens with zero attached hydrogens (tertiary/aromatic N) is 4. The molecule has 1 amide bonds. The van der Waals surface area contributed by atoms with Crippen LogP contribution in [0.15, 0.2) is 48.5 Å². The Balaban J connectivity index is 1.74. The quantitative estimate of drug-likeness (QED) is 0.291. The molecule has 1 N–H and O–H groups in total. The third-order valence-corrected chi connectivity index (χ3v) is 5.96. The molecule has 3 aromatic carbocycles. The summed E-state index contributed by atoms with van der Waals surface area (Å²) in [5.41, 5.74) is 1.05. The van der Waals surface area contributed by atoms with Gasteiger partial charge in [-0.2, -0.15) is 4.68 Å². The minimum Gasteiger partial charge on any atom is -0.493 e. The zero-order chi connectivity index (χ0) is 28.8. The van der Waals surface area contributed by atoms with Gasteiger partial charge in [-0.25, -0.2) is 0 Å². The number of benzene rings is 3. The van der Waals surface area contributed by atoms with Crippen LogP contribution in [-0.2, 0) is 0 Å². The fourth-order valence-corrected chi connectivity index (χ4v) is 4.13. The molecule has 208 valence electrons. The summed E-state index contributed by atoms with van der Waals surface area (Å²) in [7, 11) is 8.66. The van der Waals surface area contributed by atoms with E-state index in [-0.39, 0.29) is 39.9 Å². The number of ether oxygens (including phenoxy) is 6. The van der Waals surface area contributed by atoms with E-state index in [0.29, 0.717) is 22.7 Å². The lowest BCUT2D eigenvalue weighted by atomic mass is 10.1. The highest BCUT2D eigenvalue weighted by molar-refractivity contribution is 6.09. The lowest BCUT2D eigenvalue weighted by Gasteiger charge is -2.17. The van der Waals surface area contributed by atoms with Gasteiger partial charge in [0.25, 0.3) is 11.8 Å². The van der Waals surface area contributed by atoms with Gasteiger partial charge in [-0.3, -0.25) is 9.59 Å². The molecule has 0 unspecified atom stereocenters. The first-order chi connectivity index (χ1) is 19.4. The number of rotatable bonds is 10. The summed E-state index contributed by atoms with van der Waals surface area (Å²) < 4.78 is 33.3. The van der Waals surface area contributed by atoms with Crippen LogP contribution >= 0.6 is 0 Å². The van der Waals surface area contributed by atoms with Crippen LogP contribution in [0.25, 0.3) is 11.4 Å². The van der Waals surface area contributed by atoms with E-state index in [9.17, 15) is 9.59 Å². The Labute approximate surface area is 229 Å². The van der Waals surface area contributed by atoms with Gasteiger partial charge in [0.2, 0.25) is 11.5 Å². The Hall–Kier alpha value is -5.33. The van der Waals surface area contributed by atoms with E-state index in [1.165, 1.54) is 48.7 Å². The van der Waals surface area contributed by atoms with E-state index in [2.05, 4.69) is 20.8 Å². The lowest BCUT2D eigenvalue weighted by molar-refractivity contribution is 0.0940. The van der Waals surface area contributed by atoms with Gasteiger partial charge in [0.1, 0.15) is 0 Å². The van der Waals surface area contributed by atoms with Crippen molar-refractivity contribution in [3.05, 3.63) is 59.7 Å². The molecule has 13 nitrogen and oxygen atoms in total. The Morgan fingerprint density at radius 2 is 1.23 bits per heavy atom. The number of nitrogens with one attached hydrogen (secondary N) is 1. The van der Waals surface area contributed by atoms with Gasteiger partial charge in [0.15, 0.2) is 28.8 Å². The molecule has 13 heteroatoms. The second-order valence-electron chi connectivity index (χ2n) is 7.98. The van der Waals surface area contributed by atoms with E-state index in [4.69, 9.17) is 28.4 Å². The largest absolute Gasteiger partial charge is 0.493 e. The van der Waals surface area contributed by atoms with Gasteiger partial charge in [-0.15, -0.1) is 5.10 Å². The van der Waals surface area contributed by atoms with Crippen LogP contribution in [0, 0.1) is 0 Å². The van der Waals surface area contributed by atoms with Crippen molar-refractivity contribution < 1.29 is 38.0 Å². The summed E-state index contributed by atoms with van der Waals surface area (Å²) in [6.07, 6.45) is 0. The summed E-state index contributed by atoms with van der Waals surface area (Å²) in [5, 5.41) is 14.5. The molecular formula is C27H27N5O8. The number of anilines is 1. The number of hydrogen-bond acceptors (Lipinski definition) is 11. The molecule has 0 atom stereocenters. The van der Waals surface area contributed by atoms with E-state index in [0.717, 1.165) is 4.68 Å². The van der Waals surface area contributed by atoms with Gasteiger partial charge in [0, 0.05) is 5.56 Å². The van der Waals surface area contributed by atoms with Crippen molar-refractivity contribution in [2.24, 2.45) is 0 Å². The van der Waals surface area contributed by atoms with Crippen molar-refractivity contribution in [1.82, 2.24) is 20.2 Å². The van der Waals surface area contributed by atoms with E-state index >= 15 is 0 Å². The van der Waals surface area contributed by atoms with Gasteiger partial charge < -0.3 is 33.7 Å². The SMILES string of the molecule is COc1ccc(C(=O)Nc2ccccc2-c2nnnn2C(=O)c2ccc(OC)c(OC)c2OC)c(OC)c1OC. The maximum absolute atomic E-state index is 13.6. The van der Waals surface area contributed by atoms with Gasteiger partial charge in [0.05, 0.1) is 59.5 Å². The number of carbonyl (C=O) groups is 2. The van der Waals surface area contributed by atoms with E-state index < -0.39 is 11.8 Å². The van der Waals surface area contributed by atoms with Crippen molar-refractivity contribution in [1.29, 1.82) is 0 Å². The van der Waals surface area contributed by atoms with Crippen LogP contribution in [0.3, 0.4) is 0 Å². The van der Waals surface area contributed by atoms with Crippen LogP contribution in [-0.4, -0.2) is 74.7 Å². The first-order valence-corrected chi connectivity index (χ1v) is 11.8. The normalized spacial score (nSPS) is 10.4. The summed E-state index contributed by atoms with van der Waals surface area (Å²) in [6.45, 7) is 0. The fraction of sp³-hybridized carbons (Fsp3) is 0.222. The number of hydrogen-bond donors (Lipinski definition) is 1. The van der Waals surface area contributed by atoms with Gasteiger partial charge in [-0.05, 0) is 46.8 Å². The Kier molecular flexibility index (Phi) is 8.33. The van der Waals surface area contributed by atoms with E-state index in [1.807, 2.05) is 0 Å². The van der Waals surface area contributed by atoms with Crippen molar-refractivity contribution in [3.8, 4) is 45.9 Å². The molecule has 0 aliphatic heterocycles. The third kappa shape index (κ3) is 4.91. The first kappa shape index (κ1) is 27.7. The maximum Gasteiger partial charge on any atom is 0.285 e. The molecule has 0 radical (unpaired) electrons. The Morgan fingerprint density at radius 3 is 1.80 bits per heavy atom. The van der Waals surface area contributed by atoms with Gasteiger partial charge >= 0.3 is 0 Å². The molecule has 0 fully saturated rings. The molecule has 0 spiro atoms. The van der Waals surface area contributed by atoms with Crippen molar-refractivity contribution >= 4 is 17.5 Å². The second-order valence-corrected chi connectivity index (χ2v) is 7.98. The molecule has 0 bridgehead atoms. The predicted molar refractivity (Wildman–Crippen MR) is 143 cm³/mol. The van der Waals surface area contributed by atoms with Crippen LogP contribution in [0.5, 0.6) is 34.5 Å². The average molecular weight is 550 g/mol. The zero-order valence-corrected chi connectivity index (χ0v) is 22.7. The lowest BCUT2D eigenvalue weighted by Crippen LogP contribution is -2.18. The molecule has 4 aromatic rings. The third-order valence-electron chi connectivity index (χ3n) is 5.96. The van der Waals surface area contributed by atoms with E-state index in [1.54, 1.807) is 42.5 Å². The molecular weight excluding hydrogens is 522 g/mol. The predicted octanol–water partition coefficient (Wildman–Crippen LogP) is 3.33. The molecule has 0 saturated carbocycles. The Bertz CT molecular complexity index is 1550.